The topological polar surface area (TPSA) is 91.8 Å². The maximum Gasteiger partial charge on any atom is 0.305 e. The van der Waals surface area contributed by atoms with E-state index in [9.17, 15) is 18.0 Å². The zero-order chi connectivity index (χ0) is 15.1. The second-order valence-corrected chi connectivity index (χ2v) is 7.15. The van der Waals surface area contributed by atoms with E-state index in [0.29, 0.717) is 13.0 Å². The normalized spacial score (nSPS) is 11.6. The molecule has 1 amide bonds. The molecule has 0 saturated carbocycles. The smallest absolute Gasteiger partial charge is 0.305 e. The van der Waals surface area contributed by atoms with Crippen molar-refractivity contribution in [3.63, 3.8) is 0 Å². The van der Waals surface area contributed by atoms with E-state index in [1.54, 1.807) is 6.92 Å². The lowest BCUT2D eigenvalue weighted by Crippen LogP contribution is -2.39. The number of hydrogen-bond acceptors (Lipinski definition) is 4. The molecule has 0 aliphatic carbocycles. The summed E-state index contributed by atoms with van der Waals surface area (Å²) in [6, 6.07) is 0. The first kappa shape index (κ1) is 17.9. The number of amides is 1. The number of nitrogens with zero attached hydrogens (tertiary/aromatic N) is 1. The summed E-state index contributed by atoms with van der Waals surface area (Å²) in [7, 11) is -3.39. The standard InChI is InChI=1S/C12H23NO5S/c1-4-7-19(17,18)9-11(14)13(8-10(2)3)6-5-12(15)16/h10H,4-9H2,1-3H3,(H,15,16). The molecule has 0 aliphatic rings. The number of hydrogen-bond donors (Lipinski definition) is 1. The molecule has 7 heteroatoms. The molecule has 0 spiro atoms. The van der Waals surface area contributed by atoms with E-state index in [2.05, 4.69) is 0 Å². The van der Waals surface area contributed by atoms with Crippen LogP contribution in [0.15, 0.2) is 0 Å². The lowest BCUT2D eigenvalue weighted by atomic mass is 10.2. The first-order valence-electron chi connectivity index (χ1n) is 6.38. The van der Waals surface area contributed by atoms with E-state index < -0.39 is 27.5 Å². The number of carbonyl (C=O) groups is 2. The van der Waals surface area contributed by atoms with Crippen LogP contribution in [0.4, 0.5) is 0 Å². The third-order valence-corrected chi connectivity index (χ3v) is 4.11. The fourth-order valence-corrected chi connectivity index (χ4v) is 2.98. The van der Waals surface area contributed by atoms with Crippen LogP contribution in [0, 0.1) is 5.92 Å². The zero-order valence-corrected chi connectivity index (χ0v) is 12.6. The van der Waals surface area contributed by atoms with Gasteiger partial charge in [0.1, 0.15) is 5.75 Å². The van der Waals surface area contributed by atoms with Gasteiger partial charge >= 0.3 is 5.97 Å². The van der Waals surface area contributed by atoms with Crippen molar-refractivity contribution in [2.45, 2.75) is 33.6 Å². The molecule has 112 valence electrons. The van der Waals surface area contributed by atoms with Crippen molar-refractivity contribution in [2.24, 2.45) is 5.92 Å². The lowest BCUT2D eigenvalue weighted by molar-refractivity contribution is -0.138. The van der Waals surface area contributed by atoms with Crippen LogP contribution in [-0.4, -0.2) is 54.9 Å². The largest absolute Gasteiger partial charge is 0.481 e. The summed E-state index contributed by atoms with van der Waals surface area (Å²) in [5, 5.41) is 8.64. The summed E-state index contributed by atoms with van der Waals surface area (Å²) in [6.07, 6.45) is 0.293. The van der Waals surface area contributed by atoms with Crippen molar-refractivity contribution in [1.29, 1.82) is 0 Å². The van der Waals surface area contributed by atoms with E-state index in [4.69, 9.17) is 5.11 Å². The van der Waals surface area contributed by atoms with Gasteiger partial charge in [-0.05, 0) is 12.3 Å². The molecule has 0 bridgehead atoms. The van der Waals surface area contributed by atoms with Gasteiger partial charge in [0.25, 0.3) is 0 Å². The van der Waals surface area contributed by atoms with Gasteiger partial charge in [0.2, 0.25) is 5.91 Å². The van der Waals surface area contributed by atoms with E-state index in [-0.39, 0.29) is 24.6 Å². The Bertz CT molecular complexity index is 402. The molecule has 0 aromatic heterocycles. The molecule has 0 saturated heterocycles. The van der Waals surface area contributed by atoms with Crippen molar-refractivity contribution in [3.05, 3.63) is 0 Å². The average molecular weight is 293 g/mol. The van der Waals surface area contributed by atoms with Gasteiger partial charge in [-0.1, -0.05) is 20.8 Å². The fraction of sp³-hybridized carbons (Fsp3) is 0.833. The monoisotopic (exact) mass is 293 g/mol. The molecule has 0 aromatic rings. The molecule has 0 rings (SSSR count). The summed E-state index contributed by atoms with van der Waals surface area (Å²) in [5.74, 6) is -1.91. The highest BCUT2D eigenvalue weighted by molar-refractivity contribution is 7.92. The van der Waals surface area contributed by atoms with Gasteiger partial charge in [-0.3, -0.25) is 9.59 Å². The minimum absolute atomic E-state index is 0.0206. The SMILES string of the molecule is CCCS(=O)(=O)CC(=O)N(CCC(=O)O)CC(C)C. The van der Waals surface area contributed by atoms with Crippen LogP contribution in [0.1, 0.15) is 33.6 Å². The summed E-state index contributed by atoms with van der Waals surface area (Å²) < 4.78 is 23.2. The average Bonchev–Trinajstić information content (AvgIpc) is 2.22. The van der Waals surface area contributed by atoms with Crippen molar-refractivity contribution in [2.75, 3.05) is 24.6 Å². The predicted molar refractivity (Wildman–Crippen MR) is 72.6 cm³/mol. The quantitative estimate of drug-likeness (QED) is 0.678. The van der Waals surface area contributed by atoms with Crippen molar-refractivity contribution >= 4 is 21.7 Å². The van der Waals surface area contributed by atoms with Gasteiger partial charge < -0.3 is 10.0 Å². The number of carbonyl (C=O) groups excluding carboxylic acids is 1. The molecule has 0 unspecified atom stereocenters. The van der Waals surface area contributed by atoms with E-state index >= 15 is 0 Å². The van der Waals surface area contributed by atoms with Crippen LogP contribution in [0.5, 0.6) is 0 Å². The number of carboxylic acid groups (broad SMARTS) is 1. The Kier molecular flexibility index (Phi) is 7.66. The predicted octanol–water partition coefficient (Wildman–Crippen LogP) is 0.770. The molecule has 1 N–H and O–H groups in total. The van der Waals surface area contributed by atoms with E-state index in [1.165, 1.54) is 4.90 Å². The highest BCUT2D eigenvalue weighted by Crippen LogP contribution is 2.04. The van der Waals surface area contributed by atoms with Crippen LogP contribution in [-0.2, 0) is 19.4 Å². The maximum absolute atomic E-state index is 11.9. The Hall–Kier alpha value is -1.11. The number of rotatable bonds is 9. The number of sulfone groups is 1. The Labute approximate surface area is 114 Å². The zero-order valence-electron chi connectivity index (χ0n) is 11.8. The van der Waals surface area contributed by atoms with Crippen LogP contribution in [0.2, 0.25) is 0 Å². The molecule has 0 radical (unpaired) electrons. The third-order valence-electron chi connectivity index (χ3n) is 2.39. The summed E-state index contributed by atoms with van der Waals surface area (Å²) in [5.41, 5.74) is 0. The number of carboxylic acids is 1. The van der Waals surface area contributed by atoms with Crippen LogP contribution in [0.3, 0.4) is 0 Å². The highest BCUT2D eigenvalue weighted by Gasteiger charge is 2.22. The molecule has 0 aromatic carbocycles. The molecular weight excluding hydrogens is 270 g/mol. The second-order valence-electron chi connectivity index (χ2n) is 4.97. The molecule has 6 nitrogen and oxygen atoms in total. The van der Waals surface area contributed by atoms with Crippen LogP contribution in [0.25, 0.3) is 0 Å². The Morgan fingerprint density at radius 3 is 2.26 bits per heavy atom. The fourth-order valence-electron chi connectivity index (χ4n) is 1.65. The van der Waals surface area contributed by atoms with Crippen molar-refractivity contribution in [3.8, 4) is 0 Å². The molecule has 0 heterocycles. The summed E-state index contributed by atoms with van der Waals surface area (Å²) in [4.78, 5) is 23.8. The first-order valence-corrected chi connectivity index (χ1v) is 8.20. The van der Waals surface area contributed by atoms with Gasteiger partial charge in [0, 0.05) is 13.1 Å². The summed E-state index contributed by atoms with van der Waals surface area (Å²) in [6.45, 7) is 5.93. The minimum atomic E-state index is -3.39. The van der Waals surface area contributed by atoms with Crippen molar-refractivity contribution < 1.29 is 23.1 Å². The van der Waals surface area contributed by atoms with Gasteiger partial charge in [-0.15, -0.1) is 0 Å². The molecule has 0 aliphatic heterocycles. The molecule has 0 fully saturated rings. The molecular formula is C12H23NO5S. The van der Waals surface area contributed by atoms with E-state index in [0.717, 1.165) is 0 Å². The second kappa shape index (κ2) is 8.14. The van der Waals surface area contributed by atoms with Gasteiger partial charge in [0.05, 0.1) is 12.2 Å². The molecule has 0 atom stereocenters. The Balaban J connectivity index is 4.66. The van der Waals surface area contributed by atoms with Crippen molar-refractivity contribution in [1.82, 2.24) is 4.90 Å². The highest BCUT2D eigenvalue weighted by atomic mass is 32.2. The third kappa shape index (κ3) is 8.58. The summed E-state index contributed by atoms with van der Waals surface area (Å²) >= 11 is 0. The van der Waals surface area contributed by atoms with Crippen LogP contribution < -0.4 is 0 Å². The Morgan fingerprint density at radius 1 is 1.26 bits per heavy atom. The van der Waals surface area contributed by atoms with Gasteiger partial charge in [-0.2, -0.15) is 0 Å². The first-order chi connectivity index (χ1) is 8.68. The van der Waals surface area contributed by atoms with Gasteiger partial charge in [-0.25, -0.2) is 8.42 Å². The number of aliphatic carboxylic acids is 1. The van der Waals surface area contributed by atoms with E-state index in [1.807, 2.05) is 13.8 Å². The molecule has 19 heavy (non-hydrogen) atoms. The van der Waals surface area contributed by atoms with Crippen LogP contribution >= 0.6 is 0 Å². The maximum atomic E-state index is 11.9. The lowest BCUT2D eigenvalue weighted by Gasteiger charge is -2.23. The Morgan fingerprint density at radius 2 is 1.84 bits per heavy atom. The minimum Gasteiger partial charge on any atom is -0.481 e. The van der Waals surface area contributed by atoms with Gasteiger partial charge in [0.15, 0.2) is 9.84 Å².